The first-order valence-electron chi connectivity index (χ1n) is 11.6. The number of amides is 2. The Morgan fingerprint density at radius 1 is 1.03 bits per heavy atom. The molecule has 4 rings (SSSR count). The van der Waals surface area contributed by atoms with Gasteiger partial charge in [-0.2, -0.15) is 0 Å². The molecule has 2 amide bonds. The normalized spacial score (nSPS) is 16.5. The average molecular weight is 451 g/mol. The van der Waals surface area contributed by atoms with Gasteiger partial charge < -0.3 is 19.9 Å². The highest BCUT2D eigenvalue weighted by Crippen LogP contribution is 2.25. The average Bonchev–Trinajstić information content (AvgIpc) is 3.39. The van der Waals surface area contributed by atoms with Gasteiger partial charge in [0.05, 0.1) is 12.2 Å². The molecule has 2 saturated heterocycles. The maximum Gasteiger partial charge on any atom is 0.338 e. The summed E-state index contributed by atoms with van der Waals surface area (Å²) in [4.78, 5) is 45.9. The quantitative estimate of drug-likeness (QED) is 0.679. The number of carbonyl (C=O) groups excluding carboxylic acids is 3. The number of nitrogens with one attached hydrogen (secondary N) is 1. The second-order valence-corrected chi connectivity index (χ2v) is 8.45. The zero-order valence-electron chi connectivity index (χ0n) is 19.0. The smallest absolute Gasteiger partial charge is 0.338 e. The highest BCUT2D eigenvalue weighted by molar-refractivity contribution is 5.96. The number of ether oxygens (including phenoxy) is 1. The fraction of sp³-hybridized carbons (Fsp3) is 0.440. The van der Waals surface area contributed by atoms with Gasteiger partial charge in [-0.3, -0.25) is 9.59 Å². The van der Waals surface area contributed by atoms with E-state index in [9.17, 15) is 14.4 Å². The lowest BCUT2D eigenvalue weighted by atomic mass is 9.95. The SMILES string of the molecule is CCOC(=O)c1cccc(NC(=O)C2CCN(c3cc(C(=O)N4CCCC4)ccn3)CC2)c1. The van der Waals surface area contributed by atoms with Gasteiger partial charge >= 0.3 is 5.97 Å². The van der Waals surface area contributed by atoms with Gasteiger partial charge in [0.2, 0.25) is 5.91 Å². The van der Waals surface area contributed by atoms with E-state index in [1.54, 1.807) is 43.5 Å². The number of piperidine rings is 1. The number of hydrogen-bond donors (Lipinski definition) is 1. The van der Waals surface area contributed by atoms with Crippen LogP contribution in [0.1, 0.15) is 53.3 Å². The second-order valence-electron chi connectivity index (χ2n) is 8.45. The Balaban J connectivity index is 1.33. The lowest BCUT2D eigenvalue weighted by Crippen LogP contribution is -2.38. The first-order chi connectivity index (χ1) is 16.0. The molecule has 1 aromatic carbocycles. The van der Waals surface area contributed by atoms with Crippen molar-refractivity contribution in [1.82, 2.24) is 9.88 Å². The van der Waals surface area contributed by atoms with E-state index in [1.807, 2.05) is 11.0 Å². The summed E-state index contributed by atoms with van der Waals surface area (Å²) in [7, 11) is 0. The summed E-state index contributed by atoms with van der Waals surface area (Å²) in [5.74, 6) is 0.264. The molecule has 174 valence electrons. The number of carbonyl (C=O) groups is 3. The van der Waals surface area contributed by atoms with Crippen LogP contribution in [0.5, 0.6) is 0 Å². The van der Waals surface area contributed by atoms with Crippen LogP contribution in [0.25, 0.3) is 0 Å². The third kappa shape index (κ3) is 5.50. The number of pyridine rings is 1. The number of anilines is 2. The molecule has 1 aromatic heterocycles. The summed E-state index contributed by atoms with van der Waals surface area (Å²) in [6.07, 6.45) is 5.19. The van der Waals surface area contributed by atoms with Crippen molar-refractivity contribution in [2.75, 3.05) is 43.0 Å². The third-order valence-electron chi connectivity index (χ3n) is 6.22. The minimum absolute atomic E-state index is 0.0541. The Morgan fingerprint density at radius 3 is 2.52 bits per heavy atom. The van der Waals surface area contributed by atoms with Crippen molar-refractivity contribution in [3.63, 3.8) is 0 Å². The topological polar surface area (TPSA) is 91.8 Å². The lowest BCUT2D eigenvalue weighted by molar-refractivity contribution is -0.120. The van der Waals surface area contributed by atoms with Crippen LogP contribution in [-0.2, 0) is 9.53 Å². The second kappa shape index (κ2) is 10.5. The summed E-state index contributed by atoms with van der Waals surface area (Å²) in [5.41, 5.74) is 1.67. The van der Waals surface area contributed by atoms with Gasteiger partial charge in [-0.1, -0.05) is 6.07 Å². The fourth-order valence-corrected chi connectivity index (χ4v) is 4.38. The molecule has 2 aliphatic rings. The van der Waals surface area contributed by atoms with Crippen molar-refractivity contribution >= 4 is 29.3 Å². The number of hydrogen-bond acceptors (Lipinski definition) is 6. The van der Waals surface area contributed by atoms with Crippen LogP contribution in [0.15, 0.2) is 42.6 Å². The Hall–Kier alpha value is -3.42. The summed E-state index contributed by atoms with van der Waals surface area (Å²) in [6, 6.07) is 10.4. The monoisotopic (exact) mass is 450 g/mol. The predicted octanol–water partition coefficient (Wildman–Crippen LogP) is 3.35. The van der Waals surface area contributed by atoms with Crippen LogP contribution in [0.3, 0.4) is 0 Å². The Labute approximate surface area is 193 Å². The minimum Gasteiger partial charge on any atom is -0.462 e. The van der Waals surface area contributed by atoms with Crippen molar-refractivity contribution < 1.29 is 19.1 Å². The molecule has 2 aromatic rings. The van der Waals surface area contributed by atoms with Crippen molar-refractivity contribution in [1.29, 1.82) is 0 Å². The van der Waals surface area contributed by atoms with Gasteiger partial charge in [-0.15, -0.1) is 0 Å². The molecule has 8 nitrogen and oxygen atoms in total. The number of nitrogens with zero attached hydrogens (tertiary/aromatic N) is 3. The molecule has 2 fully saturated rings. The fourth-order valence-electron chi connectivity index (χ4n) is 4.38. The van der Waals surface area contributed by atoms with Crippen molar-refractivity contribution in [3.8, 4) is 0 Å². The Bertz CT molecular complexity index is 1010. The van der Waals surface area contributed by atoms with Crippen molar-refractivity contribution in [3.05, 3.63) is 53.7 Å². The van der Waals surface area contributed by atoms with Crippen LogP contribution in [0.2, 0.25) is 0 Å². The molecule has 3 heterocycles. The van der Waals surface area contributed by atoms with Gasteiger partial charge in [-0.25, -0.2) is 9.78 Å². The van der Waals surface area contributed by atoms with Crippen LogP contribution in [0, 0.1) is 5.92 Å². The zero-order valence-corrected chi connectivity index (χ0v) is 19.0. The molecule has 0 atom stereocenters. The third-order valence-corrected chi connectivity index (χ3v) is 6.22. The number of likely N-dealkylation sites (tertiary alicyclic amines) is 1. The van der Waals surface area contributed by atoms with Gasteiger partial charge in [0.1, 0.15) is 5.82 Å². The Morgan fingerprint density at radius 2 is 1.79 bits per heavy atom. The first-order valence-corrected chi connectivity index (χ1v) is 11.6. The zero-order chi connectivity index (χ0) is 23.2. The largest absolute Gasteiger partial charge is 0.462 e. The van der Waals surface area contributed by atoms with Gasteiger partial charge in [-0.05, 0) is 62.9 Å². The van der Waals surface area contributed by atoms with E-state index in [2.05, 4.69) is 15.2 Å². The molecule has 8 heteroatoms. The van der Waals surface area contributed by atoms with Crippen LogP contribution >= 0.6 is 0 Å². The standard InChI is InChI=1S/C25H30N4O4/c1-2-33-25(32)20-6-5-7-21(16-20)27-23(30)18-9-14-28(15-10-18)22-17-19(8-11-26-22)24(31)29-12-3-4-13-29/h5-8,11,16-18H,2-4,9-10,12-15H2,1H3,(H,27,30). The molecule has 0 spiro atoms. The molecular weight excluding hydrogens is 420 g/mol. The van der Waals surface area contributed by atoms with Crippen molar-refractivity contribution in [2.45, 2.75) is 32.6 Å². The number of aromatic nitrogens is 1. The molecule has 0 unspecified atom stereocenters. The van der Waals surface area contributed by atoms with Gasteiger partial charge in [0, 0.05) is 49.5 Å². The van der Waals surface area contributed by atoms with E-state index < -0.39 is 5.97 Å². The molecule has 2 aliphatic heterocycles. The summed E-state index contributed by atoms with van der Waals surface area (Å²) >= 11 is 0. The lowest BCUT2D eigenvalue weighted by Gasteiger charge is -2.32. The summed E-state index contributed by atoms with van der Waals surface area (Å²) in [5, 5.41) is 2.93. The number of rotatable bonds is 6. The molecule has 0 bridgehead atoms. The molecule has 33 heavy (non-hydrogen) atoms. The van der Waals surface area contributed by atoms with E-state index >= 15 is 0 Å². The highest BCUT2D eigenvalue weighted by atomic mass is 16.5. The van der Waals surface area contributed by atoms with E-state index in [4.69, 9.17) is 4.74 Å². The predicted molar refractivity (Wildman–Crippen MR) is 125 cm³/mol. The summed E-state index contributed by atoms with van der Waals surface area (Å²) in [6.45, 7) is 5.08. The molecule has 0 saturated carbocycles. The van der Waals surface area contributed by atoms with E-state index in [0.717, 1.165) is 31.7 Å². The summed E-state index contributed by atoms with van der Waals surface area (Å²) < 4.78 is 5.02. The van der Waals surface area contributed by atoms with E-state index in [0.29, 0.717) is 49.4 Å². The van der Waals surface area contributed by atoms with Gasteiger partial charge in [0.25, 0.3) is 5.91 Å². The van der Waals surface area contributed by atoms with Crippen LogP contribution in [0.4, 0.5) is 11.5 Å². The number of benzene rings is 1. The molecule has 1 N–H and O–H groups in total. The molecule has 0 aliphatic carbocycles. The van der Waals surface area contributed by atoms with Crippen LogP contribution < -0.4 is 10.2 Å². The minimum atomic E-state index is -0.403. The van der Waals surface area contributed by atoms with Gasteiger partial charge in [0.15, 0.2) is 0 Å². The highest BCUT2D eigenvalue weighted by Gasteiger charge is 2.27. The molecule has 0 radical (unpaired) electrons. The number of esters is 1. The first kappa shape index (κ1) is 22.8. The van der Waals surface area contributed by atoms with Crippen LogP contribution in [-0.4, -0.2) is 60.5 Å². The van der Waals surface area contributed by atoms with Crippen molar-refractivity contribution in [2.24, 2.45) is 5.92 Å². The van der Waals surface area contributed by atoms with E-state index in [1.165, 1.54) is 0 Å². The Kier molecular flexibility index (Phi) is 7.22. The maximum absolute atomic E-state index is 12.8. The van der Waals surface area contributed by atoms with E-state index in [-0.39, 0.29) is 17.7 Å². The maximum atomic E-state index is 12.8. The molecular formula is C25H30N4O4.